The molecule has 0 saturated carbocycles. The van der Waals surface area contributed by atoms with Gasteiger partial charge in [0.15, 0.2) is 5.96 Å². The van der Waals surface area contributed by atoms with Crippen LogP contribution in [0.3, 0.4) is 0 Å². The Kier molecular flexibility index (Phi) is 7.77. The third-order valence-electron chi connectivity index (χ3n) is 3.22. The molecule has 1 aromatic rings. The molecule has 5 heteroatoms. The van der Waals surface area contributed by atoms with E-state index in [9.17, 15) is 0 Å². The van der Waals surface area contributed by atoms with Crippen molar-refractivity contribution in [3.63, 3.8) is 0 Å². The average Bonchev–Trinajstić information content (AvgIpc) is 2.75. The quantitative estimate of drug-likeness (QED) is 0.436. The highest BCUT2D eigenvalue weighted by Crippen LogP contribution is 2.11. The smallest absolute Gasteiger partial charge is 0.191 e. The molecule has 0 saturated heterocycles. The van der Waals surface area contributed by atoms with Gasteiger partial charge in [0.25, 0.3) is 0 Å². The van der Waals surface area contributed by atoms with Gasteiger partial charge in [0.05, 0.1) is 5.69 Å². The van der Waals surface area contributed by atoms with E-state index in [0.29, 0.717) is 0 Å². The van der Waals surface area contributed by atoms with Gasteiger partial charge < -0.3 is 15.2 Å². The van der Waals surface area contributed by atoms with E-state index in [1.807, 2.05) is 13.8 Å². The minimum absolute atomic E-state index is 0.836. The number of aromatic nitrogens is 1. The summed E-state index contributed by atoms with van der Waals surface area (Å²) >= 11 is 0. The van der Waals surface area contributed by atoms with Crippen molar-refractivity contribution in [2.75, 3.05) is 19.6 Å². The van der Waals surface area contributed by atoms with E-state index in [4.69, 9.17) is 4.52 Å². The molecule has 0 aromatic carbocycles. The molecular weight excluding hydrogens is 252 g/mol. The van der Waals surface area contributed by atoms with Crippen molar-refractivity contribution in [2.45, 2.75) is 53.4 Å². The maximum absolute atomic E-state index is 5.17. The van der Waals surface area contributed by atoms with Gasteiger partial charge in [0, 0.05) is 25.2 Å². The molecule has 0 radical (unpaired) electrons. The number of aryl methyl sites for hydroxylation is 2. The summed E-state index contributed by atoms with van der Waals surface area (Å²) in [4.78, 5) is 4.57. The number of rotatable bonds is 8. The lowest BCUT2D eigenvalue weighted by atomic mass is 10.1. The van der Waals surface area contributed by atoms with Crippen molar-refractivity contribution in [1.82, 2.24) is 15.8 Å². The number of hydrogen-bond donors (Lipinski definition) is 2. The fourth-order valence-corrected chi connectivity index (χ4v) is 2.06. The van der Waals surface area contributed by atoms with Gasteiger partial charge >= 0.3 is 0 Å². The molecule has 1 rings (SSSR count). The number of guanidine groups is 1. The molecule has 0 fully saturated rings. The van der Waals surface area contributed by atoms with E-state index in [0.717, 1.165) is 49.9 Å². The van der Waals surface area contributed by atoms with E-state index < -0.39 is 0 Å². The van der Waals surface area contributed by atoms with Crippen LogP contribution >= 0.6 is 0 Å². The molecule has 20 heavy (non-hydrogen) atoms. The van der Waals surface area contributed by atoms with E-state index in [1.165, 1.54) is 18.4 Å². The Hall–Kier alpha value is -1.52. The average molecular weight is 280 g/mol. The zero-order chi connectivity index (χ0) is 14.8. The lowest BCUT2D eigenvalue weighted by molar-refractivity contribution is 0.392. The number of nitrogens with zero attached hydrogens (tertiary/aromatic N) is 2. The monoisotopic (exact) mass is 280 g/mol. The summed E-state index contributed by atoms with van der Waals surface area (Å²) in [6, 6.07) is 0. The molecule has 0 aliphatic heterocycles. The van der Waals surface area contributed by atoms with Crippen LogP contribution in [0.5, 0.6) is 0 Å². The zero-order valence-corrected chi connectivity index (χ0v) is 13.3. The Morgan fingerprint density at radius 1 is 1.20 bits per heavy atom. The third kappa shape index (κ3) is 5.63. The number of hydrogen-bond acceptors (Lipinski definition) is 3. The molecule has 0 amide bonds. The predicted molar refractivity (Wildman–Crippen MR) is 83.2 cm³/mol. The highest BCUT2D eigenvalue weighted by atomic mass is 16.5. The second kappa shape index (κ2) is 9.39. The minimum atomic E-state index is 0.836. The summed E-state index contributed by atoms with van der Waals surface area (Å²) in [5.74, 6) is 1.81. The minimum Gasteiger partial charge on any atom is -0.361 e. The van der Waals surface area contributed by atoms with Gasteiger partial charge in [0.1, 0.15) is 5.76 Å². The second-order valence-corrected chi connectivity index (χ2v) is 4.95. The van der Waals surface area contributed by atoms with Crippen LogP contribution in [0.25, 0.3) is 0 Å². The normalized spacial score (nSPS) is 11.7. The molecule has 0 aliphatic rings. The van der Waals surface area contributed by atoms with Gasteiger partial charge in [-0.1, -0.05) is 24.9 Å². The highest BCUT2D eigenvalue weighted by molar-refractivity contribution is 5.79. The Morgan fingerprint density at radius 3 is 2.60 bits per heavy atom. The molecule has 1 aromatic heterocycles. The zero-order valence-electron chi connectivity index (χ0n) is 13.3. The van der Waals surface area contributed by atoms with Crippen LogP contribution in [0.15, 0.2) is 9.52 Å². The summed E-state index contributed by atoms with van der Waals surface area (Å²) in [5, 5.41) is 10.6. The number of unbranched alkanes of at least 4 members (excludes halogenated alkanes) is 2. The summed E-state index contributed by atoms with van der Waals surface area (Å²) < 4.78 is 5.17. The summed E-state index contributed by atoms with van der Waals surface area (Å²) in [6.45, 7) is 10.8. The Balaban J connectivity index is 2.38. The largest absolute Gasteiger partial charge is 0.361 e. The fourth-order valence-electron chi connectivity index (χ4n) is 2.06. The van der Waals surface area contributed by atoms with E-state index >= 15 is 0 Å². The Labute approximate surface area is 122 Å². The van der Waals surface area contributed by atoms with Crippen LogP contribution in [0.4, 0.5) is 0 Å². The lowest BCUT2D eigenvalue weighted by Crippen LogP contribution is -2.38. The van der Waals surface area contributed by atoms with Crippen molar-refractivity contribution in [1.29, 1.82) is 0 Å². The van der Waals surface area contributed by atoms with E-state index in [-0.39, 0.29) is 0 Å². The Morgan fingerprint density at radius 2 is 2.00 bits per heavy atom. The van der Waals surface area contributed by atoms with Crippen molar-refractivity contribution in [2.24, 2.45) is 4.99 Å². The molecule has 0 atom stereocenters. The van der Waals surface area contributed by atoms with Gasteiger partial charge in [0.2, 0.25) is 0 Å². The Bertz CT molecular complexity index is 393. The second-order valence-electron chi connectivity index (χ2n) is 4.95. The van der Waals surface area contributed by atoms with Crippen LogP contribution in [-0.2, 0) is 6.42 Å². The van der Waals surface area contributed by atoms with Crippen molar-refractivity contribution < 1.29 is 4.52 Å². The summed E-state index contributed by atoms with van der Waals surface area (Å²) in [7, 11) is 0. The van der Waals surface area contributed by atoms with Crippen LogP contribution < -0.4 is 10.6 Å². The van der Waals surface area contributed by atoms with E-state index in [1.54, 1.807) is 0 Å². The first-order valence-corrected chi connectivity index (χ1v) is 7.63. The molecular formula is C15H28N4O. The molecule has 0 aliphatic carbocycles. The number of aliphatic imine (C=N–C) groups is 1. The van der Waals surface area contributed by atoms with Crippen molar-refractivity contribution in [3.05, 3.63) is 17.0 Å². The standard InChI is InChI=1S/C15H28N4O/c1-5-7-8-10-17-15(16-6-2)18-11-9-14-12(3)19-20-13(14)4/h5-11H2,1-4H3,(H2,16,17,18). The third-order valence-corrected chi connectivity index (χ3v) is 3.22. The first kappa shape index (κ1) is 16.5. The predicted octanol–water partition coefficient (Wildman–Crippen LogP) is 2.58. The molecule has 1 heterocycles. The van der Waals surface area contributed by atoms with Crippen LogP contribution in [0, 0.1) is 13.8 Å². The van der Waals surface area contributed by atoms with Crippen molar-refractivity contribution >= 4 is 5.96 Å². The van der Waals surface area contributed by atoms with Gasteiger partial charge in [-0.3, -0.25) is 4.99 Å². The summed E-state index contributed by atoms with van der Waals surface area (Å²) in [5.41, 5.74) is 2.17. The van der Waals surface area contributed by atoms with Gasteiger partial charge in [-0.2, -0.15) is 0 Å². The van der Waals surface area contributed by atoms with Crippen LogP contribution in [0.2, 0.25) is 0 Å². The van der Waals surface area contributed by atoms with Gasteiger partial charge in [-0.05, 0) is 33.6 Å². The van der Waals surface area contributed by atoms with E-state index in [2.05, 4.69) is 34.6 Å². The molecule has 5 nitrogen and oxygen atoms in total. The molecule has 0 spiro atoms. The summed E-state index contributed by atoms with van der Waals surface area (Å²) in [6.07, 6.45) is 4.52. The van der Waals surface area contributed by atoms with Crippen molar-refractivity contribution in [3.8, 4) is 0 Å². The van der Waals surface area contributed by atoms with Gasteiger partial charge in [-0.25, -0.2) is 0 Å². The first-order chi connectivity index (χ1) is 9.69. The number of nitrogens with one attached hydrogen (secondary N) is 2. The SMILES string of the molecule is CCCCCN=C(NCC)NCCc1c(C)noc1C. The molecule has 114 valence electrons. The van der Waals surface area contributed by atoms with Gasteiger partial charge in [-0.15, -0.1) is 0 Å². The maximum atomic E-state index is 5.17. The van der Waals surface area contributed by atoms with Crippen LogP contribution in [-0.4, -0.2) is 30.8 Å². The first-order valence-electron chi connectivity index (χ1n) is 7.63. The molecule has 0 unspecified atom stereocenters. The fraction of sp³-hybridized carbons (Fsp3) is 0.733. The highest BCUT2D eigenvalue weighted by Gasteiger charge is 2.08. The molecule has 2 N–H and O–H groups in total. The molecule has 0 bridgehead atoms. The topological polar surface area (TPSA) is 62.5 Å². The maximum Gasteiger partial charge on any atom is 0.191 e. The lowest BCUT2D eigenvalue weighted by Gasteiger charge is -2.11. The van der Waals surface area contributed by atoms with Crippen LogP contribution in [0.1, 0.15) is 50.1 Å².